The molecule has 0 saturated carbocycles. The van der Waals surface area contributed by atoms with Gasteiger partial charge in [0.2, 0.25) is 0 Å². The van der Waals surface area contributed by atoms with Crippen LogP contribution in [0.1, 0.15) is 0 Å². The monoisotopic (exact) mass is 169 g/mol. The number of nitrogens with zero attached hydrogens (tertiary/aromatic N) is 2. The van der Waals surface area contributed by atoms with Crippen LogP contribution in [0.25, 0.3) is 0 Å². The van der Waals surface area contributed by atoms with Crippen LogP contribution in [-0.2, 0) is 0 Å². The maximum absolute atomic E-state index is 5.46. The molecule has 0 bridgehead atoms. The summed E-state index contributed by atoms with van der Waals surface area (Å²) in [6, 6.07) is 0. The minimum Gasteiger partial charge on any atom is -0.227 e. The average molecular weight is 170 g/mol. The maximum atomic E-state index is 5.46. The molecule has 1 N–H and O–H groups in total. The second kappa shape index (κ2) is 2.57. The van der Waals surface area contributed by atoms with E-state index in [2.05, 4.69) is 15.2 Å². The summed E-state index contributed by atoms with van der Waals surface area (Å²) < 4.78 is 0.418. The first-order chi connectivity index (χ1) is 3.80. The van der Waals surface area contributed by atoms with E-state index in [1.54, 1.807) is 0 Å². The molecular weight excluding hydrogens is 169 g/mol. The van der Waals surface area contributed by atoms with Crippen molar-refractivity contribution in [3.8, 4) is 0 Å². The zero-order valence-electron chi connectivity index (χ0n) is 3.56. The number of halogens is 2. The van der Waals surface area contributed by atoms with E-state index in [4.69, 9.17) is 23.2 Å². The average Bonchev–Trinajstić information content (AvgIpc) is 1.77. The fourth-order valence-electron chi connectivity index (χ4n) is 0.206. The predicted octanol–water partition coefficient (Wildman–Crippen LogP) is 2.21. The van der Waals surface area contributed by atoms with E-state index in [1.807, 2.05) is 0 Å². The Morgan fingerprint density at radius 1 is 1.50 bits per heavy atom. The van der Waals surface area contributed by atoms with Crippen molar-refractivity contribution in [3.63, 3.8) is 0 Å². The van der Waals surface area contributed by atoms with Crippen molar-refractivity contribution in [3.05, 3.63) is 9.52 Å². The lowest BCUT2D eigenvalue weighted by atomic mass is 11.0. The summed E-state index contributed by atoms with van der Waals surface area (Å²) in [6.45, 7) is 0. The molecule has 0 fully saturated rings. The maximum Gasteiger partial charge on any atom is 0.180 e. The molecule has 8 heavy (non-hydrogen) atoms. The molecule has 3 nitrogen and oxygen atoms in total. The van der Waals surface area contributed by atoms with Gasteiger partial charge in [0, 0.05) is 11.9 Å². The third-order valence-corrected chi connectivity index (χ3v) is 1.91. The Morgan fingerprint density at radius 2 is 2.25 bits per heavy atom. The molecule has 1 aliphatic heterocycles. The van der Waals surface area contributed by atoms with Crippen molar-refractivity contribution in [2.75, 3.05) is 0 Å². The third kappa shape index (κ3) is 1.27. The zero-order chi connectivity index (χ0) is 5.98. The summed E-state index contributed by atoms with van der Waals surface area (Å²) in [6.07, 6.45) is 0. The standard InChI is InChI=1S/C2HCl2N3S/c3-1-2(4)8-7-6-5-1/h(H,5,7). The molecule has 0 spiro atoms. The van der Waals surface area contributed by atoms with Gasteiger partial charge in [-0.1, -0.05) is 28.4 Å². The van der Waals surface area contributed by atoms with Crippen molar-refractivity contribution in [2.45, 2.75) is 0 Å². The Kier molecular flexibility index (Phi) is 1.99. The molecule has 0 atom stereocenters. The van der Waals surface area contributed by atoms with Gasteiger partial charge < -0.3 is 0 Å². The Bertz CT molecular complexity index is 153. The lowest BCUT2D eigenvalue weighted by molar-refractivity contribution is 0.954. The summed E-state index contributed by atoms with van der Waals surface area (Å²) in [5.41, 5.74) is 0. The predicted molar refractivity (Wildman–Crippen MR) is 34.3 cm³/mol. The molecule has 1 aliphatic rings. The van der Waals surface area contributed by atoms with Gasteiger partial charge in [-0.05, 0) is 0 Å². The number of hydrogen-bond acceptors (Lipinski definition) is 4. The van der Waals surface area contributed by atoms with Crippen LogP contribution in [0.2, 0.25) is 0 Å². The fourth-order valence-corrected chi connectivity index (χ4v) is 0.788. The van der Waals surface area contributed by atoms with Gasteiger partial charge >= 0.3 is 0 Å². The highest BCUT2D eigenvalue weighted by molar-refractivity contribution is 8.02. The van der Waals surface area contributed by atoms with Crippen LogP contribution >= 0.6 is 35.1 Å². The summed E-state index contributed by atoms with van der Waals surface area (Å²) in [7, 11) is 0. The van der Waals surface area contributed by atoms with Crippen LogP contribution < -0.4 is 4.83 Å². The van der Waals surface area contributed by atoms with Crippen LogP contribution in [-0.4, -0.2) is 0 Å². The minimum absolute atomic E-state index is 0.232. The molecule has 1 heterocycles. The van der Waals surface area contributed by atoms with Gasteiger partial charge in [0.05, 0.1) is 0 Å². The number of hydrogen-bond donors (Lipinski definition) is 1. The van der Waals surface area contributed by atoms with E-state index in [0.717, 1.165) is 11.9 Å². The van der Waals surface area contributed by atoms with E-state index in [0.29, 0.717) is 4.36 Å². The molecule has 0 aromatic carbocycles. The van der Waals surface area contributed by atoms with Gasteiger partial charge in [-0.3, -0.25) is 0 Å². The first kappa shape index (κ1) is 6.19. The molecule has 0 saturated heterocycles. The minimum atomic E-state index is 0.232. The molecule has 44 valence electrons. The molecule has 6 heteroatoms. The molecular formula is C2HCl2N3S. The van der Waals surface area contributed by atoms with Crippen molar-refractivity contribution in [2.24, 2.45) is 10.3 Å². The highest BCUT2D eigenvalue weighted by Gasteiger charge is 2.04. The van der Waals surface area contributed by atoms with Crippen LogP contribution in [0, 0.1) is 0 Å². The lowest BCUT2D eigenvalue weighted by Crippen LogP contribution is -1.93. The van der Waals surface area contributed by atoms with Crippen LogP contribution in [0.3, 0.4) is 0 Å². The SMILES string of the molecule is ClC1=C(Cl)SNN=N1. The summed E-state index contributed by atoms with van der Waals surface area (Å²) in [4.78, 5) is 2.47. The molecule has 1 rings (SSSR count). The van der Waals surface area contributed by atoms with Gasteiger partial charge in [0.15, 0.2) is 5.16 Å². The Labute approximate surface area is 60.2 Å². The van der Waals surface area contributed by atoms with Gasteiger partial charge in [-0.15, -0.1) is 5.11 Å². The second-order valence-electron chi connectivity index (χ2n) is 0.958. The van der Waals surface area contributed by atoms with Crippen molar-refractivity contribution >= 4 is 35.1 Å². The largest absolute Gasteiger partial charge is 0.227 e. The topological polar surface area (TPSA) is 36.8 Å². The zero-order valence-corrected chi connectivity index (χ0v) is 5.89. The molecule has 0 aromatic rings. The van der Waals surface area contributed by atoms with E-state index in [1.165, 1.54) is 0 Å². The Hall–Kier alpha value is 0.0700. The van der Waals surface area contributed by atoms with E-state index in [9.17, 15) is 0 Å². The molecule has 0 radical (unpaired) electrons. The van der Waals surface area contributed by atoms with Crippen molar-refractivity contribution in [1.82, 2.24) is 4.83 Å². The first-order valence-corrected chi connectivity index (χ1v) is 3.26. The normalized spacial score (nSPS) is 18.8. The molecule has 0 unspecified atom stereocenters. The summed E-state index contributed by atoms with van der Waals surface area (Å²) >= 11 is 12.0. The third-order valence-electron chi connectivity index (χ3n) is 0.476. The van der Waals surface area contributed by atoms with Gasteiger partial charge in [0.1, 0.15) is 4.36 Å². The number of rotatable bonds is 0. The van der Waals surface area contributed by atoms with E-state index < -0.39 is 0 Å². The van der Waals surface area contributed by atoms with Crippen LogP contribution in [0.15, 0.2) is 19.9 Å². The number of nitrogens with one attached hydrogen (secondary N) is 1. The summed E-state index contributed by atoms with van der Waals surface area (Å²) in [5, 5.41) is 7.02. The van der Waals surface area contributed by atoms with Gasteiger partial charge in [-0.2, -0.15) is 0 Å². The van der Waals surface area contributed by atoms with E-state index >= 15 is 0 Å². The Morgan fingerprint density at radius 3 is 2.62 bits per heavy atom. The first-order valence-electron chi connectivity index (χ1n) is 1.68. The summed E-state index contributed by atoms with van der Waals surface area (Å²) in [5.74, 6) is 0. The smallest absolute Gasteiger partial charge is 0.180 e. The van der Waals surface area contributed by atoms with Crippen LogP contribution in [0.5, 0.6) is 0 Å². The highest BCUT2D eigenvalue weighted by Crippen LogP contribution is 2.27. The van der Waals surface area contributed by atoms with E-state index in [-0.39, 0.29) is 5.16 Å². The molecule has 0 amide bonds. The Balaban J connectivity index is 2.76. The fraction of sp³-hybridized carbons (Fsp3) is 0. The molecule has 0 aliphatic carbocycles. The quantitative estimate of drug-likeness (QED) is 0.446. The van der Waals surface area contributed by atoms with Crippen LogP contribution in [0.4, 0.5) is 0 Å². The van der Waals surface area contributed by atoms with Crippen molar-refractivity contribution in [1.29, 1.82) is 0 Å². The van der Waals surface area contributed by atoms with Gasteiger partial charge in [0.25, 0.3) is 0 Å². The van der Waals surface area contributed by atoms with Gasteiger partial charge in [-0.25, -0.2) is 4.83 Å². The highest BCUT2D eigenvalue weighted by atomic mass is 35.5. The lowest BCUT2D eigenvalue weighted by Gasteiger charge is -2.00. The molecule has 0 aromatic heterocycles. The van der Waals surface area contributed by atoms with Crippen molar-refractivity contribution < 1.29 is 0 Å². The second-order valence-corrected chi connectivity index (χ2v) is 2.71.